The van der Waals surface area contributed by atoms with Crippen molar-refractivity contribution in [3.63, 3.8) is 0 Å². The standard InChI is InChI=1S/C14H19N3/c1-3-13(15)9-17-10-16-8-14(17)12-6-4-11(2)5-7-12/h4-8,10,13H,3,9,15H2,1-2H3. The van der Waals surface area contributed by atoms with Crippen molar-refractivity contribution in [3.8, 4) is 11.3 Å². The maximum Gasteiger partial charge on any atom is 0.0951 e. The van der Waals surface area contributed by atoms with Gasteiger partial charge in [0.15, 0.2) is 0 Å². The SMILES string of the molecule is CCC(N)Cn1cncc1-c1ccc(C)cc1. The maximum atomic E-state index is 5.99. The first kappa shape index (κ1) is 11.9. The van der Waals surface area contributed by atoms with E-state index in [0.29, 0.717) is 0 Å². The van der Waals surface area contributed by atoms with Crippen molar-refractivity contribution in [2.45, 2.75) is 32.9 Å². The number of hydrogen-bond donors (Lipinski definition) is 1. The summed E-state index contributed by atoms with van der Waals surface area (Å²) in [6.07, 6.45) is 4.73. The van der Waals surface area contributed by atoms with Gasteiger partial charge in [-0.1, -0.05) is 36.8 Å². The molecular formula is C14H19N3. The Kier molecular flexibility index (Phi) is 3.59. The van der Waals surface area contributed by atoms with Gasteiger partial charge in [0.05, 0.1) is 18.2 Å². The smallest absolute Gasteiger partial charge is 0.0951 e. The van der Waals surface area contributed by atoms with E-state index in [4.69, 9.17) is 5.73 Å². The molecule has 0 spiro atoms. The van der Waals surface area contributed by atoms with Gasteiger partial charge in [-0.2, -0.15) is 0 Å². The van der Waals surface area contributed by atoms with Crippen LogP contribution in [0.1, 0.15) is 18.9 Å². The number of hydrogen-bond acceptors (Lipinski definition) is 2. The van der Waals surface area contributed by atoms with Crippen LogP contribution in [-0.2, 0) is 6.54 Å². The lowest BCUT2D eigenvalue weighted by Gasteiger charge is -2.13. The lowest BCUT2D eigenvalue weighted by molar-refractivity contribution is 0.542. The highest BCUT2D eigenvalue weighted by atomic mass is 15.1. The van der Waals surface area contributed by atoms with Crippen LogP contribution >= 0.6 is 0 Å². The summed E-state index contributed by atoms with van der Waals surface area (Å²) >= 11 is 0. The highest BCUT2D eigenvalue weighted by Gasteiger charge is 2.07. The largest absolute Gasteiger partial charge is 0.329 e. The fourth-order valence-corrected chi connectivity index (χ4v) is 1.81. The summed E-state index contributed by atoms with van der Waals surface area (Å²) in [4.78, 5) is 4.22. The molecule has 0 aliphatic carbocycles. The zero-order valence-corrected chi connectivity index (χ0v) is 10.4. The summed E-state index contributed by atoms with van der Waals surface area (Å²) in [6.45, 7) is 5.01. The van der Waals surface area contributed by atoms with Gasteiger partial charge in [0.1, 0.15) is 0 Å². The zero-order chi connectivity index (χ0) is 12.3. The normalized spacial score (nSPS) is 12.6. The van der Waals surface area contributed by atoms with Gasteiger partial charge in [0.2, 0.25) is 0 Å². The average molecular weight is 229 g/mol. The van der Waals surface area contributed by atoms with Crippen LogP contribution in [0, 0.1) is 6.92 Å². The monoisotopic (exact) mass is 229 g/mol. The van der Waals surface area contributed by atoms with Crippen LogP contribution in [-0.4, -0.2) is 15.6 Å². The van der Waals surface area contributed by atoms with Crippen LogP contribution in [0.2, 0.25) is 0 Å². The fraction of sp³-hybridized carbons (Fsp3) is 0.357. The second kappa shape index (κ2) is 5.15. The van der Waals surface area contributed by atoms with Crippen LogP contribution < -0.4 is 5.73 Å². The molecule has 1 heterocycles. The van der Waals surface area contributed by atoms with Crippen LogP contribution in [0.4, 0.5) is 0 Å². The van der Waals surface area contributed by atoms with Crippen molar-refractivity contribution in [3.05, 3.63) is 42.4 Å². The summed E-state index contributed by atoms with van der Waals surface area (Å²) in [6, 6.07) is 8.67. The molecule has 3 heteroatoms. The molecule has 3 nitrogen and oxygen atoms in total. The van der Waals surface area contributed by atoms with E-state index < -0.39 is 0 Å². The summed E-state index contributed by atoms with van der Waals surface area (Å²) in [7, 11) is 0. The molecule has 90 valence electrons. The van der Waals surface area contributed by atoms with Gasteiger partial charge >= 0.3 is 0 Å². The van der Waals surface area contributed by atoms with Crippen molar-refractivity contribution in [2.75, 3.05) is 0 Å². The van der Waals surface area contributed by atoms with E-state index in [0.717, 1.165) is 18.7 Å². The lowest BCUT2D eigenvalue weighted by Crippen LogP contribution is -2.25. The van der Waals surface area contributed by atoms with Crippen LogP contribution in [0.5, 0.6) is 0 Å². The Bertz CT molecular complexity index is 470. The Labute approximate surface area is 102 Å². The molecule has 1 aromatic carbocycles. The molecule has 0 saturated heterocycles. The van der Waals surface area contributed by atoms with Gasteiger partial charge in [0, 0.05) is 12.6 Å². The van der Waals surface area contributed by atoms with Crippen LogP contribution in [0.3, 0.4) is 0 Å². The molecule has 1 unspecified atom stereocenters. The van der Waals surface area contributed by atoms with Gasteiger partial charge in [-0.3, -0.25) is 0 Å². The molecule has 0 fully saturated rings. The Morgan fingerprint density at radius 2 is 2.00 bits per heavy atom. The number of imidazole rings is 1. The van der Waals surface area contributed by atoms with Crippen LogP contribution in [0.15, 0.2) is 36.8 Å². The van der Waals surface area contributed by atoms with Gasteiger partial charge < -0.3 is 10.3 Å². The number of nitrogens with two attached hydrogens (primary N) is 1. The summed E-state index contributed by atoms with van der Waals surface area (Å²) < 4.78 is 2.12. The van der Waals surface area contributed by atoms with Crippen molar-refractivity contribution in [1.29, 1.82) is 0 Å². The maximum absolute atomic E-state index is 5.99. The first-order valence-corrected chi connectivity index (χ1v) is 6.03. The predicted molar refractivity (Wildman–Crippen MR) is 70.7 cm³/mol. The molecule has 17 heavy (non-hydrogen) atoms. The summed E-state index contributed by atoms with van der Waals surface area (Å²) in [5.41, 5.74) is 9.58. The molecule has 0 saturated carbocycles. The Morgan fingerprint density at radius 1 is 1.29 bits per heavy atom. The Morgan fingerprint density at radius 3 is 2.65 bits per heavy atom. The van der Waals surface area contributed by atoms with E-state index in [1.54, 1.807) is 0 Å². The van der Waals surface area contributed by atoms with E-state index in [9.17, 15) is 0 Å². The molecule has 0 radical (unpaired) electrons. The molecular weight excluding hydrogens is 210 g/mol. The van der Waals surface area contributed by atoms with E-state index in [1.165, 1.54) is 11.1 Å². The number of aromatic nitrogens is 2. The summed E-state index contributed by atoms with van der Waals surface area (Å²) in [5.74, 6) is 0. The van der Waals surface area contributed by atoms with E-state index >= 15 is 0 Å². The van der Waals surface area contributed by atoms with Gasteiger partial charge in [-0.25, -0.2) is 4.98 Å². The molecule has 2 aromatic rings. The quantitative estimate of drug-likeness (QED) is 0.875. The minimum Gasteiger partial charge on any atom is -0.329 e. The second-order valence-corrected chi connectivity index (χ2v) is 4.47. The average Bonchev–Trinajstić information content (AvgIpc) is 2.78. The number of benzene rings is 1. The second-order valence-electron chi connectivity index (χ2n) is 4.47. The van der Waals surface area contributed by atoms with Gasteiger partial charge in [-0.15, -0.1) is 0 Å². The summed E-state index contributed by atoms with van der Waals surface area (Å²) in [5, 5.41) is 0. The third-order valence-corrected chi connectivity index (χ3v) is 3.02. The highest BCUT2D eigenvalue weighted by Crippen LogP contribution is 2.19. The Balaban J connectivity index is 2.27. The number of aryl methyl sites for hydroxylation is 1. The predicted octanol–water partition coefficient (Wildman–Crippen LogP) is 2.60. The molecule has 2 rings (SSSR count). The molecule has 2 N–H and O–H groups in total. The molecule has 1 aromatic heterocycles. The third kappa shape index (κ3) is 2.74. The minimum absolute atomic E-state index is 0.188. The van der Waals surface area contributed by atoms with Crippen molar-refractivity contribution < 1.29 is 0 Å². The molecule has 0 aliphatic rings. The first-order valence-electron chi connectivity index (χ1n) is 6.03. The lowest BCUT2D eigenvalue weighted by atomic mass is 10.1. The van der Waals surface area contributed by atoms with E-state index in [2.05, 4.69) is 47.7 Å². The molecule has 1 atom stereocenters. The van der Waals surface area contributed by atoms with Gasteiger partial charge in [-0.05, 0) is 18.9 Å². The van der Waals surface area contributed by atoms with Gasteiger partial charge in [0.25, 0.3) is 0 Å². The first-order chi connectivity index (χ1) is 8.20. The minimum atomic E-state index is 0.188. The fourth-order valence-electron chi connectivity index (χ4n) is 1.81. The van der Waals surface area contributed by atoms with E-state index in [-0.39, 0.29) is 6.04 Å². The molecule has 0 bridgehead atoms. The Hall–Kier alpha value is -1.61. The third-order valence-electron chi connectivity index (χ3n) is 3.02. The van der Waals surface area contributed by atoms with Crippen molar-refractivity contribution in [2.24, 2.45) is 5.73 Å². The van der Waals surface area contributed by atoms with Crippen molar-refractivity contribution >= 4 is 0 Å². The number of rotatable bonds is 4. The van der Waals surface area contributed by atoms with Crippen molar-refractivity contribution in [1.82, 2.24) is 9.55 Å². The molecule has 0 amide bonds. The highest BCUT2D eigenvalue weighted by molar-refractivity contribution is 5.59. The van der Waals surface area contributed by atoms with Crippen LogP contribution in [0.25, 0.3) is 11.3 Å². The topological polar surface area (TPSA) is 43.8 Å². The molecule has 0 aliphatic heterocycles. The van der Waals surface area contributed by atoms with E-state index in [1.807, 2.05) is 12.5 Å². The zero-order valence-electron chi connectivity index (χ0n) is 10.4. The number of nitrogens with zero attached hydrogens (tertiary/aromatic N) is 2.